The van der Waals surface area contributed by atoms with Gasteiger partial charge in [0.15, 0.2) is 0 Å². The van der Waals surface area contributed by atoms with Crippen LogP contribution in [-0.4, -0.2) is 110 Å². The van der Waals surface area contributed by atoms with E-state index in [1.807, 2.05) is 0 Å². The first-order valence-corrected chi connectivity index (χ1v) is 16.7. The molecule has 2 aliphatic rings. The van der Waals surface area contributed by atoms with E-state index < -0.39 is 0 Å². The fraction of sp³-hybridized carbons (Fsp3) is 0.556. The van der Waals surface area contributed by atoms with Crippen LogP contribution in [0.25, 0.3) is 0 Å². The topological polar surface area (TPSA) is 45.2 Å². The van der Waals surface area contributed by atoms with Gasteiger partial charge in [-0.3, -0.25) is 9.97 Å². The largest absolute Gasteiger partial charge is 0.370 e. The van der Waals surface area contributed by atoms with Crippen molar-refractivity contribution in [1.82, 2.24) is 29.6 Å². The van der Waals surface area contributed by atoms with Crippen molar-refractivity contribution in [3.05, 3.63) is 83.4 Å². The lowest BCUT2D eigenvalue weighted by atomic mass is 10.1. The maximum absolute atomic E-state index is 4.94. The fourth-order valence-corrected chi connectivity index (χ4v) is 6.66. The minimum absolute atomic E-state index is 0.895. The highest BCUT2D eigenvalue weighted by Crippen LogP contribution is 2.30. The van der Waals surface area contributed by atoms with E-state index in [1.165, 1.54) is 34.2 Å². The van der Waals surface area contributed by atoms with Crippen LogP contribution in [-0.2, 0) is 26.2 Å². The zero-order valence-corrected chi connectivity index (χ0v) is 27.7. The molecule has 0 saturated carbocycles. The Morgan fingerprint density at radius 2 is 0.682 bits per heavy atom. The number of hydrogen-bond donors (Lipinski definition) is 0. The van der Waals surface area contributed by atoms with Crippen molar-refractivity contribution < 1.29 is 0 Å². The van der Waals surface area contributed by atoms with Gasteiger partial charge in [0.2, 0.25) is 0 Å². The second-order valence-electron chi connectivity index (χ2n) is 13.1. The highest BCUT2D eigenvalue weighted by atomic mass is 15.2. The number of aromatic nitrogens is 2. The van der Waals surface area contributed by atoms with Gasteiger partial charge in [0.1, 0.15) is 0 Å². The average Bonchev–Trinajstić information content (AvgIpc) is 2.99. The van der Waals surface area contributed by atoms with Crippen molar-refractivity contribution in [2.24, 2.45) is 0 Å². The van der Waals surface area contributed by atoms with Gasteiger partial charge in [-0.2, -0.15) is 0 Å². The first-order valence-electron chi connectivity index (χ1n) is 16.7. The van der Waals surface area contributed by atoms with Crippen LogP contribution in [0.5, 0.6) is 0 Å². The summed E-state index contributed by atoms with van der Waals surface area (Å²) in [6, 6.07) is 22.2. The maximum Gasteiger partial charge on any atom is 0.0604 e. The Labute approximate surface area is 266 Å². The van der Waals surface area contributed by atoms with Crippen molar-refractivity contribution in [3.8, 4) is 0 Å². The zero-order valence-electron chi connectivity index (χ0n) is 27.7. The van der Waals surface area contributed by atoms with Crippen molar-refractivity contribution in [3.63, 3.8) is 0 Å². The Bertz CT molecular complexity index is 1130. The van der Waals surface area contributed by atoms with Crippen LogP contribution in [0.1, 0.15) is 48.5 Å². The Kier molecular flexibility index (Phi) is 12.0. The summed E-state index contributed by atoms with van der Waals surface area (Å²) >= 11 is 0. The lowest BCUT2D eigenvalue weighted by molar-refractivity contribution is 0.303. The third-order valence-corrected chi connectivity index (χ3v) is 8.89. The molecule has 4 bridgehead atoms. The van der Waals surface area contributed by atoms with Crippen LogP contribution in [0.4, 0.5) is 11.4 Å². The predicted octanol–water partition coefficient (Wildman–Crippen LogP) is 4.80. The number of rotatable bonds is 2. The zero-order chi connectivity index (χ0) is 30.7. The molecular formula is C36H54N8. The first kappa shape index (κ1) is 32.4. The minimum Gasteiger partial charge on any atom is -0.370 e. The number of anilines is 2. The molecule has 0 atom stereocenters. The van der Waals surface area contributed by atoms with Crippen LogP contribution in [0.15, 0.2) is 60.7 Å². The van der Waals surface area contributed by atoms with Gasteiger partial charge in [-0.15, -0.1) is 0 Å². The molecule has 0 aliphatic carbocycles. The monoisotopic (exact) mass is 598 g/mol. The quantitative estimate of drug-likeness (QED) is 0.417. The SMILES string of the molecule is CN1CCCN(c2ccccc2N2CCCN(C)Cc3cccc(n3)CN(C)CCC2)CCCN(C)Cc2cccc(n2)C1. The molecule has 0 N–H and O–H groups in total. The molecule has 0 amide bonds. The number of benzene rings is 1. The summed E-state index contributed by atoms with van der Waals surface area (Å²) in [5.41, 5.74) is 7.44. The van der Waals surface area contributed by atoms with Gasteiger partial charge < -0.3 is 29.4 Å². The smallest absolute Gasteiger partial charge is 0.0604 e. The third-order valence-electron chi connectivity index (χ3n) is 8.89. The summed E-state index contributed by atoms with van der Waals surface area (Å²) in [5.74, 6) is 0. The van der Waals surface area contributed by atoms with Crippen molar-refractivity contribution >= 4 is 11.4 Å². The molecule has 8 heteroatoms. The van der Waals surface area contributed by atoms with E-state index in [0.29, 0.717) is 0 Å². The number of fused-ring (bicyclic) bond motifs is 4. The molecule has 4 heterocycles. The third kappa shape index (κ3) is 9.73. The Morgan fingerprint density at radius 3 is 0.977 bits per heavy atom. The molecular weight excluding hydrogens is 544 g/mol. The second kappa shape index (κ2) is 16.3. The molecule has 238 valence electrons. The number of para-hydroxylation sites is 2. The standard InChI is InChI=1S/C36H54N8/c1-39-19-9-23-43(24-10-20-40(2)28-32-14-7-13-31(27-39)37-32)35-17-5-6-18-36(35)44-25-11-21-41(3)29-33-15-8-16-34(38-33)30-42(4)22-12-26-44/h5-8,13-18H,9-12,19-30H2,1-4H3. The van der Waals surface area contributed by atoms with Crippen LogP contribution >= 0.6 is 0 Å². The highest BCUT2D eigenvalue weighted by Gasteiger charge is 2.18. The molecule has 0 fully saturated rings. The van der Waals surface area contributed by atoms with Crippen LogP contribution in [0.2, 0.25) is 0 Å². The van der Waals surface area contributed by atoms with E-state index in [-0.39, 0.29) is 0 Å². The maximum atomic E-state index is 4.94. The van der Waals surface area contributed by atoms with Crippen LogP contribution in [0, 0.1) is 0 Å². The van der Waals surface area contributed by atoms with E-state index in [4.69, 9.17) is 9.97 Å². The molecule has 8 nitrogen and oxygen atoms in total. The summed E-state index contributed by atoms with van der Waals surface area (Å²) in [5, 5.41) is 0. The number of pyridine rings is 2. The van der Waals surface area contributed by atoms with Crippen molar-refractivity contribution in [2.45, 2.75) is 51.9 Å². The lowest BCUT2D eigenvalue weighted by Gasteiger charge is -2.34. The normalized spacial score (nSPS) is 20.2. The van der Waals surface area contributed by atoms with Gasteiger partial charge in [-0.25, -0.2) is 0 Å². The highest BCUT2D eigenvalue weighted by molar-refractivity contribution is 5.71. The predicted molar refractivity (Wildman–Crippen MR) is 183 cm³/mol. The van der Waals surface area contributed by atoms with E-state index in [1.54, 1.807) is 0 Å². The van der Waals surface area contributed by atoms with Crippen LogP contribution < -0.4 is 9.80 Å². The molecule has 2 aromatic heterocycles. The van der Waals surface area contributed by atoms with E-state index >= 15 is 0 Å². The minimum atomic E-state index is 0.895. The van der Waals surface area contributed by atoms with Crippen molar-refractivity contribution in [1.29, 1.82) is 0 Å². The first-order chi connectivity index (χ1) is 21.4. The number of nitrogens with zero attached hydrogens (tertiary/aromatic N) is 8. The molecule has 1 aromatic carbocycles. The molecule has 0 spiro atoms. The lowest BCUT2D eigenvalue weighted by Crippen LogP contribution is -2.35. The van der Waals surface area contributed by atoms with E-state index in [9.17, 15) is 0 Å². The molecule has 2 aliphatic heterocycles. The molecule has 5 rings (SSSR count). The van der Waals surface area contributed by atoms with E-state index in [2.05, 4.69) is 118 Å². The molecule has 0 saturated heterocycles. The molecule has 0 unspecified atom stereocenters. The van der Waals surface area contributed by atoms with Gasteiger partial charge in [-0.1, -0.05) is 24.3 Å². The average molecular weight is 599 g/mol. The summed E-state index contributed by atoms with van der Waals surface area (Å²) in [6.07, 6.45) is 4.52. The summed E-state index contributed by atoms with van der Waals surface area (Å²) in [6.45, 7) is 12.0. The fourth-order valence-electron chi connectivity index (χ4n) is 6.66. The van der Waals surface area contributed by atoms with Gasteiger partial charge >= 0.3 is 0 Å². The summed E-state index contributed by atoms with van der Waals surface area (Å²) < 4.78 is 0. The van der Waals surface area contributed by atoms with Gasteiger partial charge in [0.05, 0.1) is 34.2 Å². The Balaban J connectivity index is 1.32. The Hall–Kier alpha value is -3.04. The summed E-state index contributed by atoms with van der Waals surface area (Å²) in [7, 11) is 8.91. The number of hydrogen-bond acceptors (Lipinski definition) is 8. The van der Waals surface area contributed by atoms with Gasteiger partial charge in [0.25, 0.3) is 0 Å². The summed E-state index contributed by atoms with van der Waals surface area (Å²) in [4.78, 5) is 24.9. The molecule has 0 radical (unpaired) electrons. The van der Waals surface area contributed by atoms with E-state index in [0.717, 1.165) is 104 Å². The van der Waals surface area contributed by atoms with Crippen molar-refractivity contribution in [2.75, 3.05) is 90.3 Å². The second-order valence-corrected chi connectivity index (χ2v) is 13.1. The Morgan fingerprint density at radius 1 is 0.386 bits per heavy atom. The van der Waals surface area contributed by atoms with Gasteiger partial charge in [-0.05, 0) is 116 Å². The van der Waals surface area contributed by atoms with Crippen LogP contribution in [0.3, 0.4) is 0 Å². The molecule has 44 heavy (non-hydrogen) atoms. The molecule has 3 aromatic rings. The van der Waals surface area contributed by atoms with Gasteiger partial charge in [0, 0.05) is 52.4 Å².